The maximum absolute atomic E-state index is 13.2. The molecule has 19 nitrogen and oxygen atoms in total. The SMILES string of the molecule is CC(=O)N[C@H]1[C@H](O[C@H]2CC[C@]3(C)[C@H]4CC=C5[C@@H]6CC(C)(C)[C@@H](O)C[C@]6(C(=O)O)[C@H](O)C[C@@]5(C)[C@]4(C)CC[C@H]3C2(C)C)O[C@H](CO[C@@H]2O[C@H](C)[C@H](O)[C@H](O)[C@H]2O[C@@H]2OC[C@@H](O)[C@H](O)[C@H]2O)[C@@H](O)[C@@H]1O. The lowest BCUT2D eigenvalue weighted by Crippen LogP contribution is -2.69. The standard InChI is InChI=1S/C49H79NO18/c1-21-33(55)37(59)39(68-41-38(60)34(56)25(52)19-63-41)42(65-21)64-20-26-35(57)36(58)32(50-22(2)51)40(66-26)67-31-13-14-46(7)27(45(31,5)6)12-15-47(8)28(46)11-10-23-24-16-44(3,4)29(53)18-49(24,43(61)62)30(54)17-48(23,47)9/h10,21,24-42,52-60H,11-20H2,1-9H3,(H,50,51)(H,61,62)/t21-,24+,25-,26-,27+,28-,29+,30-,31+,32-,33+,34+,35-,36-,37+,38-,39-,40+,41+,42-,46+,47-,48-,49-/m1/s1. The summed E-state index contributed by atoms with van der Waals surface area (Å²) in [7, 11) is 0. The minimum Gasteiger partial charge on any atom is -0.481 e. The van der Waals surface area contributed by atoms with E-state index in [4.69, 9.17) is 28.4 Å². The molecule has 0 radical (unpaired) electrons. The van der Waals surface area contributed by atoms with Gasteiger partial charge in [0, 0.05) is 6.92 Å². The van der Waals surface area contributed by atoms with Gasteiger partial charge in [0.25, 0.3) is 0 Å². The van der Waals surface area contributed by atoms with Crippen molar-refractivity contribution >= 4 is 11.9 Å². The summed E-state index contributed by atoms with van der Waals surface area (Å²) in [5.41, 5.74) is -2.39. The van der Waals surface area contributed by atoms with Gasteiger partial charge in [-0.3, -0.25) is 9.59 Å². The number of rotatable bonds is 9. The summed E-state index contributed by atoms with van der Waals surface area (Å²) in [6.07, 6.45) is -14.8. The quantitative estimate of drug-likeness (QED) is 0.110. The Morgan fingerprint density at radius 2 is 1.44 bits per heavy atom. The van der Waals surface area contributed by atoms with Crippen LogP contribution in [0.15, 0.2) is 11.6 Å². The van der Waals surface area contributed by atoms with Crippen molar-refractivity contribution in [2.24, 2.45) is 50.2 Å². The largest absolute Gasteiger partial charge is 0.481 e. The summed E-state index contributed by atoms with van der Waals surface area (Å²) in [6, 6.07) is -1.19. The molecule has 388 valence electrons. The number of carbonyl (C=O) groups is 2. The Hall–Kier alpha value is -1.92. The van der Waals surface area contributed by atoms with Crippen LogP contribution in [0.4, 0.5) is 0 Å². The normalized spacial score (nSPS) is 53.1. The van der Waals surface area contributed by atoms with Gasteiger partial charge in [-0.15, -0.1) is 0 Å². The van der Waals surface area contributed by atoms with Gasteiger partial charge < -0.3 is 84.8 Å². The summed E-state index contributed by atoms with van der Waals surface area (Å²) < 4.78 is 36.4. The van der Waals surface area contributed by atoms with E-state index in [1.165, 1.54) is 13.8 Å². The number of carbonyl (C=O) groups excluding carboxylic acids is 1. The number of aliphatic carboxylic acids is 1. The number of allylic oxidation sites excluding steroid dienone is 2. The first-order chi connectivity index (χ1) is 31.6. The minimum absolute atomic E-state index is 0.00159. The van der Waals surface area contributed by atoms with Crippen LogP contribution in [0.3, 0.4) is 0 Å². The highest BCUT2D eigenvalue weighted by atomic mass is 16.8. The zero-order valence-electron chi connectivity index (χ0n) is 40.9. The van der Waals surface area contributed by atoms with Gasteiger partial charge in [0.2, 0.25) is 5.91 Å². The minimum atomic E-state index is -1.73. The maximum Gasteiger partial charge on any atom is 0.312 e. The van der Waals surface area contributed by atoms with Crippen LogP contribution < -0.4 is 5.32 Å². The van der Waals surface area contributed by atoms with E-state index in [0.29, 0.717) is 12.8 Å². The molecule has 0 bridgehead atoms. The number of aliphatic hydroxyl groups excluding tert-OH is 9. The van der Waals surface area contributed by atoms with E-state index < -0.39 is 157 Å². The van der Waals surface area contributed by atoms with Crippen LogP contribution in [0.5, 0.6) is 0 Å². The molecule has 3 heterocycles. The number of nitrogens with one attached hydrogen (secondary N) is 1. The fourth-order valence-corrected chi connectivity index (χ4v) is 15.2. The molecule has 0 aromatic heterocycles. The van der Waals surface area contributed by atoms with Crippen LogP contribution in [-0.4, -0.2) is 180 Å². The van der Waals surface area contributed by atoms with Crippen molar-refractivity contribution in [3.63, 3.8) is 0 Å². The van der Waals surface area contributed by atoms with Gasteiger partial charge >= 0.3 is 5.97 Å². The molecule has 5 aliphatic carbocycles. The van der Waals surface area contributed by atoms with Gasteiger partial charge in [0.05, 0.1) is 37.6 Å². The third kappa shape index (κ3) is 8.13. The van der Waals surface area contributed by atoms with Crippen LogP contribution >= 0.6 is 0 Å². The molecule has 1 amide bonds. The zero-order valence-corrected chi connectivity index (χ0v) is 40.9. The van der Waals surface area contributed by atoms with Gasteiger partial charge in [-0.05, 0) is 103 Å². The summed E-state index contributed by atoms with van der Waals surface area (Å²) in [5.74, 6) is -1.67. The first-order valence-electron chi connectivity index (χ1n) is 24.8. The number of carboxylic acids is 1. The second-order valence-electron chi connectivity index (χ2n) is 23.9. The van der Waals surface area contributed by atoms with Crippen molar-refractivity contribution in [3.8, 4) is 0 Å². The Labute approximate surface area is 398 Å². The van der Waals surface area contributed by atoms with Crippen LogP contribution in [0.25, 0.3) is 0 Å². The molecule has 8 aliphatic rings. The Balaban J connectivity index is 1.01. The first-order valence-corrected chi connectivity index (χ1v) is 24.8. The molecule has 0 unspecified atom stereocenters. The van der Waals surface area contributed by atoms with E-state index in [1.54, 1.807) is 0 Å². The summed E-state index contributed by atoms with van der Waals surface area (Å²) in [5, 5.41) is 112. The topological polar surface area (TPSA) is 304 Å². The molecule has 8 rings (SSSR count). The molecule has 19 heteroatoms. The molecular formula is C49H79NO18. The van der Waals surface area contributed by atoms with Gasteiger partial charge in [-0.2, -0.15) is 0 Å². The highest BCUT2D eigenvalue weighted by molar-refractivity contribution is 5.78. The van der Waals surface area contributed by atoms with E-state index in [-0.39, 0.29) is 35.5 Å². The van der Waals surface area contributed by atoms with E-state index in [9.17, 15) is 60.7 Å². The van der Waals surface area contributed by atoms with Gasteiger partial charge in [-0.1, -0.05) is 60.1 Å². The number of carboxylic acid groups (broad SMARTS) is 1. The number of aliphatic hydroxyl groups is 9. The zero-order chi connectivity index (χ0) is 50.0. The monoisotopic (exact) mass is 970 g/mol. The van der Waals surface area contributed by atoms with Crippen molar-refractivity contribution in [1.82, 2.24) is 5.32 Å². The van der Waals surface area contributed by atoms with Crippen molar-refractivity contribution in [1.29, 1.82) is 0 Å². The number of fused-ring (bicyclic) bond motifs is 7. The summed E-state index contributed by atoms with van der Waals surface area (Å²) in [6.45, 7) is 17.2. The molecule has 0 spiro atoms. The third-order valence-electron chi connectivity index (χ3n) is 19.5. The second kappa shape index (κ2) is 18.2. The molecule has 3 aliphatic heterocycles. The average molecular weight is 970 g/mol. The predicted molar refractivity (Wildman–Crippen MR) is 238 cm³/mol. The van der Waals surface area contributed by atoms with E-state index >= 15 is 0 Å². The van der Waals surface area contributed by atoms with Crippen molar-refractivity contribution in [2.45, 2.75) is 218 Å². The molecule has 3 saturated heterocycles. The van der Waals surface area contributed by atoms with Crippen LogP contribution in [0.1, 0.15) is 114 Å². The summed E-state index contributed by atoms with van der Waals surface area (Å²) in [4.78, 5) is 25.8. The average Bonchev–Trinajstić information content (AvgIpc) is 3.25. The number of ether oxygens (including phenoxy) is 6. The fourth-order valence-electron chi connectivity index (χ4n) is 15.2. The van der Waals surface area contributed by atoms with Gasteiger partial charge in [0.1, 0.15) is 66.4 Å². The lowest BCUT2D eigenvalue weighted by molar-refractivity contribution is -0.361. The lowest BCUT2D eigenvalue weighted by atomic mass is 9.33. The van der Waals surface area contributed by atoms with Crippen LogP contribution in [-0.2, 0) is 38.0 Å². The van der Waals surface area contributed by atoms with Crippen LogP contribution in [0.2, 0.25) is 0 Å². The predicted octanol–water partition coefficient (Wildman–Crippen LogP) is 0.458. The molecular weight excluding hydrogens is 891 g/mol. The molecule has 0 aromatic rings. The number of hydrogen-bond donors (Lipinski definition) is 11. The lowest BCUT2D eigenvalue weighted by Gasteiger charge is -2.72. The summed E-state index contributed by atoms with van der Waals surface area (Å²) >= 11 is 0. The van der Waals surface area contributed by atoms with E-state index in [2.05, 4.69) is 46.0 Å². The Bertz CT molecular complexity index is 1920. The maximum atomic E-state index is 13.2. The first kappa shape index (κ1) is 52.4. The Morgan fingerprint density at radius 3 is 2.10 bits per heavy atom. The third-order valence-corrected chi connectivity index (χ3v) is 19.5. The van der Waals surface area contributed by atoms with Crippen molar-refractivity contribution in [2.75, 3.05) is 13.2 Å². The highest BCUT2D eigenvalue weighted by Gasteiger charge is 2.72. The molecule has 7 fully saturated rings. The fraction of sp³-hybridized carbons (Fsp3) is 0.918. The molecule has 0 aromatic carbocycles. The smallest absolute Gasteiger partial charge is 0.312 e. The Kier molecular flexibility index (Phi) is 14.0. The second-order valence-corrected chi connectivity index (χ2v) is 23.9. The number of amides is 1. The van der Waals surface area contributed by atoms with E-state index in [0.717, 1.165) is 31.3 Å². The Morgan fingerprint density at radius 1 is 0.750 bits per heavy atom. The van der Waals surface area contributed by atoms with Gasteiger partial charge in [-0.25, -0.2) is 0 Å². The highest BCUT2D eigenvalue weighted by Crippen LogP contribution is 2.76. The molecule has 24 atom stereocenters. The van der Waals surface area contributed by atoms with Crippen molar-refractivity contribution in [3.05, 3.63) is 11.6 Å². The number of hydrogen-bond acceptors (Lipinski definition) is 17. The molecule has 4 saturated carbocycles. The van der Waals surface area contributed by atoms with Gasteiger partial charge in [0.15, 0.2) is 18.9 Å². The molecule has 68 heavy (non-hydrogen) atoms. The van der Waals surface area contributed by atoms with Crippen LogP contribution in [0, 0.1) is 50.2 Å². The molecule has 11 N–H and O–H groups in total. The van der Waals surface area contributed by atoms with E-state index in [1.807, 2.05) is 13.8 Å². The van der Waals surface area contributed by atoms with Crippen molar-refractivity contribution < 1.29 is 89.1 Å².